The van der Waals surface area contributed by atoms with Gasteiger partial charge < -0.3 is 14.5 Å². The molecule has 6 nitrogen and oxygen atoms in total. The van der Waals surface area contributed by atoms with E-state index in [1.165, 1.54) is 6.26 Å². The van der Waals surface area contributed by atoms with Crippen molar-refractivity contribution in [1.82, 2.24) is 9.97 Å². The molecular weight excluding hydrogens is 400 g/mol. The van der Waals surface area contributed by atoms with E-state index in [1.807, 2.05) is 24.3 Å². The number of nitrogens with one attached hydrogen (secondary N) is 1. The Labute approximate surface area is 175 Å². The first-order valence-electron chi connectivity index (χ1n) is 10.2. The van der Waals surface area contributed by atoms with Crippen molar-refractivity contribution < 1.29 is 17.9 Å². The lowest BCUT2D eigenvalue weighted by Gasteiger charge is -2.21. The minimum Gasteiger partial charge on any atom is -0.348 e. The normalized spacial score (nSPS) is 21.6. The lowest BCUT2D eigenvalue weighted by molar-refractivity contribution is -0.151. The second-order valence-electron chi connectivity index (χ2n) is 8.11. The molecule has 1 aliphatic heterocycles. The minimum atomic E-state index is -3.24. The van der Waals surface area contributed by atoms with Crippen molar-refractivity contribution >= 4 is 26.4 Å². The Morgan fingerprint density at radius 3 is 2.67 bits per heavy atom. The summed E-state index contributed by atoms with van der Waals surface area (Å²) in [7, 11) is -3.24. The van der Waals surface area contributed by atoms with Crippen LogP contribution in [-0.4, -0.2) is 43.6 Å². The van der Waals surface area contributed by atoms with E-state index in [-0.39, 0.29) is 0 Å². The quantitative estimate of drug-likeness (QED) is 0.686. The molecule has 1 saturated carbocycles. The molecule has 2 aliphatic rings. The molecule has 1 saturated heterocycles. The maximum Gasteiger partial charge on any atom is 0.175 e. The highest BCUT2D eigenvalue weighted by Crippen LogP contribution is 2.43. The predicted octanol–water partition coefficient (Wildman–Crippen LogP) is 3.94. The minimum absolute atomic E-state index is 0.312. The molecule has 3 heterocycles. The first kappa shape index (κ1) is 19.5. The molecule has 1 N–H and O–H groups in total. The molecule has 156 valence electrons. The number of benzene rings is 1. The van der Waals surface area contributed by atoms with Crippen molar-refractivity contribution in [2.45, 2.75) is 29.9 Å². The Morgan fingerprint density at radius 2 is 1.97 bits per heavy atom. The number of aromatic amines is 1. The fourth-order valence-corrected chi connectivity index (χ4v) is 5.10. The zero-order chi connectivity index (χ0) is 20.8. The first-order chi connectivity index (χ1) is 14.4. The van der Waals surface area contributed by atoms with Gasteiger partial charge in [-0.25, -0.2) is 13.4 Å². The molecule has 3 aromatic rings. The summed E-state index contributed by atoms with van der Waals surface area (Å²) < 4.78 is 35.5. The molecule has 2 aromatic heterocycles. The van der Waals surface area contributed by atoms with Crippen LogP contribution in [0.25, 0.3) is 16.6 Å². The summed E-state index contributed by atoms with van der Waals surface area (Å²) in [4.78, 5) is 8.14. The predicted molar refractivity (Wildman–Crippen MR) is 115 cm³/mol. The molecular formula is C23H24N2O4S. The molecule has 0 bridgehead atoms. The van der Waals surface area contributed by atoms with Crippen molar-refractivity contribution in [1.29, 1.82) is 0 Å². The largest absolute Gasteiger partial charge is 0.348 e. The number of fused-ring (bicyclic) bond motifs is 1. The number of hydrogen-bond donors (Lipinski definition) is 1. The summed E-state index contributed by atoms with van der Waals surface area (Å²) in [5, 5.41) is 1.04. The van der Waals surface area contributed by atoms with Gasteiger partial charge in [-0.15, -0.1) is 0 Å². The van der Waals surface area contributed by atoms with Crippen LogP contribution >= 0.6 is 0 Å². The van der Waals surface area contributed by atoms with Gasteiger partial charge in [-0.3, -0.25) is 0 Å². The Kier molecular flexibility index (Phi) is 4.76. The summed E-state index contributed by atoms with van der Waals surface area (Å²) in [5.74, 6) is -0.124. The van der Waals surface area contributed by atoms with Crippen LogP contribution in [0, 0.1) is 5.92 Å². The molecule has 30 heavy (non-hydrogen) atoms. The highest BCUT2D eigenvalue weighted by molar-refractivity contribution is 7.90. The van der Waals surface area contributed by atoms with E-state index in [4.69, 9.17) is 9.47 Å². The third-order valence-corrected chi connectivity index (χ3v) is 7.09. The van der Waals surface area contributed by atoms with E-state index in [0.29, 0.717) is 24.0 Å². The summed E-state index contributed by atoms with van der Waals surface area (Å²) in [6.07, 6.45) is 7.96. The van der Waals surface area contributed by atoms with E-state index < -0.39 is 15.6 Å². The summed E-state index contributed by atoms with van der Waals surface area (Å²) in [6.45, 7) is 1.31. The molecule has 7 heteroatoms. The van der Waals surface area contributed by atoms with Gasteiger partial charge in [0.15, 0.2) is 15.6 Å². The van der Waals surface area contributed by atoms with E-state index in [2.05, 4.69) is 22.1 Å². The summed E-state index contributed by atoms with van der Waals surface area (Å²) >= 11 is 0. The number of ether oxygens (including phenoxy) is 2. The summed E-state index contributed by atoms with van der Waals surface area (Å²) in [6, 6.07) is 13.1. The monoisotopic (exact) mass is 424 g/mol. The molecule has 0 amide bonds. The first-order valence-corrected chi connectivity index (χ1v) is 12.1. The molecule has 5 rings (SSSR count). The van der Waals surface area contributed by atoms with E-state index in [1.54, 1.807) is 18.3 Å². The van der Waals surface area contributed by atoms with Gasteiger partial charge in [0.25, 0.3) is 0 Å². The highest BCUT2D eigenvalue weighted by atomic mass is 32.2. The van der Waals surface area contributed by atoms with Crippen LogP contribution in [-0.2, 0) is 19.3 Å². The molecule has 1 unspecified atom stereocenters. The number of rotatable bonds is 4. The SMILES string of the molecule is CS(=O)(=O)c1ccc(/C(=C\C2CCC3(C2)OCCO3)c2cc3cccnc3[nH]2)cc1. The number of sulfone groups is 1. The maximum atomic E-state index is 11.9. The fraction of sp³-hybridized carbons (Fsp3) is 0.348. The molecule has 1 spiro atoms. The van der Waals surface area contributed by atoms with Gasteiger partial charge in [-0.2, -0.15) is 0 Å². The van der Waals surface area contributed by atoms with Crippen LogP contribution in [0.2, 0.25) is 0 Å². The van der Waals surface area contributed by atoms with Gasteiger partial charge in [-0.1, -0.05) is 18.2 Å². The number of H-pyrrole nitrogens is 1. The zero-order valence-corrected chi connectivity index (χ0v) is 17.6. The number of pyridine rings is 1. The third kappa shape index (κ3) is 3.69. The lowest BCUT2D eigenvalue weighted by atomic mass is 9.96. The lowest BCUT2D eigenvalue weighted by Crippen LogP contribution is -2.25. The second-order valence-corrected chi connectivity index (χ2v) is 10.1. The molecule has 1 aliphatic carbocycles. The molecule has 0 radical (unpaired) electrons. The standard InChI is InChI=1S/C23H24N2O4S/c1-30(26,27)19-6-4-17(5-7-19)20(21-14-18-3-2-10-24-22(18)25-21)13-16-8-9-23(15-16)28-11-12-29-23/h2-7,10,13-14,16H,8-9,11-12,15H2,1H3,(H,24,25)/b20-13+. The highest BCUT2D eigenvalue weighted by Gasteiger charge is 2.43. The Hall–Kier alpha value is -2.48. The van der Waals surface area contributed by atoms with Gasteiger partial charge in [0.05, 0.1) is 18.1 Å². The third-order valence-electron chi connectivity index (χ3n) is 5.96. The number of allylic oxidation sites excluding steroid dienone is 1. The fourth-order valence-electron chi connectivity index (χ4n) is 4.47. The van der Waals surface area contributed by atoms with Crippen LogP contribution < -0.4 is 0 Å². The van der Waals surface area contributed by atoms with Crippen molar-refractivity contribution in [3.05, 3.63) is 66.0 Å². The van der Waals surface area contributed by atoms with Crippen molar-refractivity contribution in [3.8, 4) is 0 Å². The van der Waals surface area contributed by atoms with Gasteiger partial charge >= 0.3 is 0 Å². The van der Waals surface area contributed by atoms with Crippen LogP contribution in [0.3, 0.4) is 0 Å². The smallest absolute Gasteiger partial charge is 0.175 e. The molecule has 2 fully saturated rings. The second kappa shape index (κ2) is 7.34. The van der Waals surface area contributed by atoms with E-state index >= 15 is 0 Å². The van der Waals surface area contributed by atoms with Gasteiger partial charge in [0.1, 0.15) is 5.65 Å². The Morgan fingerprint density at radius 1 is 1.20 bits per heavy atom. The van der Waals surface area contributed by atoms with E-state index in [9.17, 15) is 8.42 Å². The van der Waals surface area contributed by atoms with Gasteiger partial charge in [0, 0.05) is 41.9 Å². The van der Waals surface area contributed by atoms with Crippen LogP contribution in [0.15, 0.2) is 59.6 Å². The van der Waals surface area contributed by atoms with Gasteiger partial charge in [-0.05, 0) is 48.2 Å². The molecule has 1 atom stereocenters. The number of nitrogens with zero attached hydrogens (tertiary/aromatic N) is 1. The van der Waals surface area contributed by atoms with Crippen LogP contribution in [0.5, 0.6) is 0 Å². The topological polar surface area (TPSA) is 81.3 Å². The molecule has 1 aromatic carbocycles. The average Bonchev–Trinajstić information content (AvgIpc) is 3.46. The average molecular weight is 425 g/mol. The summed E-state index contributed by atoms with van der Waals surface area (Å²) in [5.41, 5.74) is 3.79. The van der Waals surface area contributed by atoms with Crippen LogP contribution in [0.1, 0.15) is 30.5 Å². The Balaban J connectivity index is 1.55. The van der Waals surface area contributed by atoms with Gasteiger partial charge in [0.2, 0.25) is 0 Å². The van der Waals surface area contributed by atoms with Crippen molar-refractivity contribution in [2.75, 3.05) is 19.5 Å². The van der Waals surface area contributed by atoms with E-state index in [0.717, 1.165) is 47.1 Å². The van der Waals surface area contributed by atoms with Crippen molar-refractivity contribution in [2.24, 2.45) is 5.92 Å². The Bertz CT molecular complexity index is 1170. The zero-order valence-electron chi connectivity index (χ0n) is 16.8. The number of aromatic nitrogens is 2. The van der Waals surface area contributed by atoms with Crippen LogP contribution in [0.4, 0.5) is 0 Å². The van der Waals surface area contributed by atoms with Crippen molar-refractivity contribution in [3.63, 3.8) is 0 Å². The maximum absolute atomic E-state index is 11.9. The number of hydrogen-bond acceptors (Lipinski definition) is 5.